The van der Waals surface area contributed by atoms with Crippen LogP contribution in [-0.4, -0.2) is 55.1 Å². The third kappa shape index (κ3) is 5.57. The van der Waals surface area contributed by atoms with Crippen LogP contribution in [0.2, 0.25) is 0 Å². The van der Waals surface area contributed by atoms with Gasteiger partial charge in [-0.3, -0.25) is 9.69 Å². The summed E-state index contributed by atoms with van der Waals surface area (Å²) in [4.78, 5) is 22.4. The lowest BCUT2D eigenvalue weighted by Gasteiger charge is -2.20. The lowest BCUT2D eigenvalue weighted by molar-refractivity contribution is -0.121. The van der Waals surface area contributed by atoms with Gasteiger partial charge < -0.3 is 19.2 Å². The van der Waals surface area contributed by atoms with Crippen LogP contribution in [0.15, 0.2) is 53.3 Å². The largest absolute Gasteiger partial charge is 0.480 e. The number of methoxy groups -OCH3 is 2. The molecular formula is C22H26N4O4. The molecule has 2 aromatic heterocycles. The summed E-state index contributed by atoms with van der Waals surface area (Å²) in [5.41, 5.74) is 2.88. The van der Waals surface area contributed by atoms with Crippen molar-refractivity contribution in [2.75, 3.05) is 34.4 Å². The summed E-state index contributed by atoms with van der Waals surface area (Å²) in [5.74, 6) is 1.25. The van der Waals surface area contributed by atoms with Crippen molar-refractivity contribution in [3.8, 4) is 23.0 Å². The number of hydrogen-bond donors (Lipinski definition) is 1. The van der Waals surface area contributed by atoms with Crippen molar-refractivity contribution >= 4 is 5.91 Å². The normalized spacial score (nSPS) is 10.8. The van der Waals surface area contributed by atoms with E-state index in [-0.39, 0.29) is 11.9 Å². The van der Waals surface area contributed by atoms with E-state index in [1.165, 1.54) is 7.11 Å². The van der Waals surface area contributed by atoms with Gasteiger partial charge in [-0.05, 0) is 29.7 Å². The summed E-state index contributed by atoms with van der Waals surface area (Å²) in [7, 11) is 4.73. The Bertz CT molecular complexity index is 960. The van der Waals surface area contributed by atoms with Crippen LogP contribution in [-0.2, 0) is 17.8 Å². The van der Waals surface area contributed by atoms with Gasteiger partial charge in [-0.2, -0.15) is 4.98 Å². The molecule has 1 N–H and O–H groups in total. The summed E-state index contributed by atoms with van der Waals surface area (Å²) in [6, 6.07) is 12.1. The van der Waals surface area contributed by atoms with Crippen LogP contribution in [0.1, 0.15) is 11.3 Å². The van der Waals surface area contributed by atoms with Gasteiger partial charge in [0.25, 0.3) is 0 Å². The van der Waals surface area contributed by atoms with Gasteiger partial charge in [-0.25, -0.2) is 4.98 Å². The summed E-state index contributed by atoms with van der Waals surface area (Å²) in [6.45, 7) is 1.57. The number of benzene rings is 1. The molecular weight excluding hydrogens is 384 g/mol. The molecule has 8 nitrogen and oxygen atoms in total. The van der Waals surface area contributed by atoms with E-state index in [4.69, 9.17) is 13.9 Å². The first-order valence-corrected chi connectivity index (χ1v) is 9.62. The lowest BCUT2D eigenvalue weighted by Crippen LogP contribution is -2.36. The molecule has 1 aromatic carbocycles. The fourth-order valence-electron chi connectivity index (χ4n) is 3.10. The molecule has 0 spiro atoms. The molecule has 0 fully saturated rings. The highest BCUT2D eigenvalue weighted by atomic mass is 16.5. The van der Waals surface area contributed by atoms with Gasteiger partial charge in [0, 0.05) is 19.8 Å². The number of hydrogen-bond acceptors (Lipinski definition) is 7. The standard InChI is InChI=1S/C22H26N4O4/c1-23-20(27)15-26(14-18-8-5-11-30-18)10-9-16-6-4-7-17(12-16)19-13-24-22(29-3)25-21(19)28-2/h4-8,11-13H,9-10,14-15H2,1-3H3,(H,23,27). The summed E-state index contributed by atoms with van der Waals surface area (Å²) >= 11 is 0. The fraction of sp³-hybridized carbons (Fsp3) is 0.318. The average Bonchev–Trinajstić information content (AvgIpc) is 3.30. The Morgan fingerprint density at radius 1 is 1.20 bits per heavy atom. The predicted molar refractivity (Wildman–Crippen MR) is 112 cm³/mol. The van der Waals surface area contributed by atoms with Crippen LogP contribution in [0.5, 0.6) is 11.9 Å². The maximum absolute atomic E-state index is 11.9. The first-order chi connectivity index (χ1) is 14.6. The molecule has 2 heterocycles. The molecule has 0 saturated carbocycles. The van der Waals surface area contributed by atoms with Gasteiger partial charge >= 0.3 is 6.01 Å². The van der Waals surface area contributed by atoms with E-state index in [1.54, 1.807) is 26.6 Å². The molecule has 0 bridgehead atoms. The van der Waals surface area contributed by atoms with E-state index in [2.05, 4.69) is 32.3 Å². The summed E-state index contributed by atoms with van der Waals surface area (Å²) < 4.78 is 15.9. The molecule has 30 heavy (non-hydrogen) atoms. The molecule has 0 atom stereocenters. The second-order valence-electron chi connectivity index (χ2n) is 6.69. The number of likely N-dealkylation sites (N-methyl/N-ethyl adjacent to an activating group) is 1. The van der Waals surface area contributed by atoms with E-state index in [1.807, 2.05) is 24.3 Å². The molecule has 0 radical (unpaired) electrons. The first-order valence-electron chi connectivity index (χ1n) is 9.62. The van der Waals surface area contributed by atoms with Crippen LogP contribution in [0.4, 0.5) is 0 Å². The van der Waals surface area contributed by atoms with E-state index < -0.39 is 0 Å². The van der Waals surface area contributed by atoms with Gasteiger partial charge in [-0.1, -0.05) is 24.3 Å². The number of amides is 1. The predicted octanol–water partition coefficient (Wildman–Crippen LogP) is 2.54. The zero-order valence-corrected chi connectivity index (χ0v) is 17.4. The Labute approximate surface area is 175 Å². The zero-order chi connectivity index (χ0) is 21.3. The van der Waals surface area contributed by atoms with Crippen LogP contribution in [0, 0.1) is 0 Å². The molecule has 0 saturated heterocycles. The minimum atomic E-state index is -0.0320. The second-order valence-corrected chi connectivity index (χ2v) is 6.69. The summed E-state index contributed by atoms with van der Waals surface area (Å²) in [6.07, 6.45) is 4.10. The maximum atomic E-state index is 11.9. The van der Waals surface area contributed by atoms with E-state index in [9.17, 15) is 4.79 Å². The number of carbonyl (C=O) groups excluding carboxylic acids is 1. The fourth-order valence-corrected chi connectivity index (χ4v) is 3.10. The molecule has 0 aliphatic heterocycles. The monoisotopic (exact) mass is 410 g/mol. The molecule has 3 rings (SSSR count). The summed E-state index contributed by atoms with van der Waals surface area (Å²) in [5, 5.41) is 2.68. The third-order valence-electron chi connectivity index (χ3n) is 4.67. The highest BCUT2D eigenvalue weighted by Crippen LogP contribution is 2.29. The quantitative estimate of drug-likeness (QED) is 0.549. The highest BCUT2D eigenvalue weighted by molar-refractivity contribution is 5.77. The molecule has 3 aromatic rings. The highest BCUT2D eigenvalue weighted by Gasteiger charge is 2.14. The van der Waals surface area contributed by atoms with Crippen LogP contribution in [0.25, 0.3) is 11.1 Å². The Hall–Kier alpha value is -3.39. The van der Waals surface area contributed by atoms with Gasteiger partial charge in [0.15, 0.2) is 0 Å². The number of aromatic nitrogens is 2. The lowest BCUT2D eigenvalue weighted by atomic mass is 10.0. The maximum Gasteiger partial charge on any atom is 0.319 e. The van der Waals surface area contributed by atoms with Crippen LogP contribution in [0.3, 0.4) is 0 Å². The van der Waals surface area contributed by atoms with Crippen molar-refractivity contribution in [2.24, 2.45) is 0 Å². The van der Waals surface area contributed by atoms with Gasteiger partial charge in [0.2, 0.25) is 11.8 Å². The Balaban J connectivity index is 1.74. The van der Waals surface area contributed by atoms with E-state index >= 15 is 0 Å². The number of nitrogens with zero attached hydrogens (tertiary/aromatic N) is 3. The Kier molecular flexibility index (Phi) is 7.40. The SMILES string of the molecule is CNC(=O)CN(CCc1cccc(-c2cnc(OC)nc2OC)c1)Cc1ccco1. The number of carbonyl (C=O) groups is 1. The second kappa shape index (κ2) is 10.4. The van der Waals surface area contributed by atoms with Crippen molar-refractivity contribution in [1.82, 2.24) is 20.2 Å². The molecule has 158 valence electrons. The molecule has 1 amide bonds. The van der Waals surface area contributed by atoms with Gasteiger partial charge in [0.05, 0.1) is 39.1 Å². The van der Waals surface area contributed by atoms with Crippen LogP contribution >= 0.6 is 0 Å². The van der Waals surface area contributed by atoms with E-state index in [0.29, 0.717) is 25.5 Å². The molecule has 0 aliphatic carbocycles. The van der Waals surface area contributed by atoms with Crippen LogP contribution < -0.4 is 14.8 Å². The van der Waals surface area contributed by atoms with Crippen molar-refractivity contribution in [3.05, 3.63) is 60.2 Å². The van der Waals surface area contributed by atoms with Crippen molar-refractivity contribution in [1.29, 1.82) is 0 Å². The number of rotatable bonds is 10. The smallest absolute Gasteiger partial charge is 0.319 e. The molecule has 0 unspecified atom stereocenters. The average molecular weight is 410 g/mol. The van der Waals surface area contributed by atoms with Crippen molar-refractivity contribution in [2.45, 2.75) is 13.0 Å². The molecule has 8 heteroatoms. The number of ether oxygens (including phenoxy) is 2. The topological polar surface area (TPSA) is 89.7 Å². The zero-order valence-electron chi connectivity index (χ0n) is 17.4. The number of furan rings is 1. The minimum absolute atomic E-state index is 0.0320. The molecule has 0 aliphatic rings. The Morgan fingerprint density at radius 3 is 2.77 bits per heavy atom. The van der Waals surface area contributed by atoms with Gasteiger partial charge in [-0.15, -0.1) is 0 Å². The first kappa shape index (κ1) is 21.3. The van der Waals surface area contributed by atoms with Crippen molar-refractivity contribution < 1.29 is 18.7 Å². The third-order valence-corrected chi connectivity index (χ3v) is 4.67. The Morgan fingerprint density at radius 2 is 2.07 bits per heavy atom. The number of nitrogens with one attached hydrogen (secondary N) is 1. The van der Waals surface area contributed by atoms with Crippen molar-refractivity contribution in [3.63, 3.8) is 0 Å². The minimum Gasteiger partial charge on any atom is -0.480 e. The van der Waals surface area contributed by atoms with Gasteiger partial charge in [0.1, 0.15) is 5.76 Å². The van der Waals surface area contributed by atoms with E-state index in [0.717, 1.165) is 28.9 Å².